The first-order chi connectivity index (χ1) is 19.2. The Morgan fingerprint density at radius 1 is 1.02 bits per heavy atom. The third-order valence-electron chi connectivity index (χ3n) is 8.52. The number of piperidine rings is 1. The lowest BCUT2D eigenvalue weighted by Gasteiger charge is -2.37. The average molecular weight is 583 g/mol. The van der Waals surface area contributed by atoms with Crippen LogP contribution < -0.4 is 15.0 Å². The van der Waals surface area contributed by atoms with E-state index in [1.54, 1.807) is 0 Å². The van der Waals surface area contributed by atoms with Crippen LogP contribution in [-0.2, 0) is 16.1 Å². The van der Waals surface area contributed by atoms with Crippen molar-refractivity contribution < 1.29 is 14.3 Å². The van der Waals surface area contributed by atoms with E-state index in [1.807, 2.05) is 36.9 Å². The smallest absolute Gasteiger partial charge is 0.266 e. The molecule has 1 aliphatic carbocycles. The minimum absolute atomic E-state index is 0. The summed E-state index contributed by atoms with van der Waals surface area (Å²) in [6.07, 6.45) is 4.12. The second-order valence-electron chi connectivity index (χ2n) is 12.5. The lowest BCUT2D eigenvalue weighted by atomic mass is 9.95. The van der Waals surface area contributed by atoms with Gasteiger partial charge in [-0.1, -0.05) is 44.2 Å². The molecule has 2 aromatic rings. The number of hydrogen-bond acceptors (Lipinski definition) is 5. The number of benzene rings is 2. The van der Waals surface area contributed by atoms with Crippen molar-refractivity contribution in [3.8, 4) is 5.75 Å². The van der Waals surface area contributed by atoms with Gasteiger partial charge in [0, 0.05) is 63.6 Å². The van der Waals surface area contributed by atoms with E-state index in [4.69, 9.17) is 4.74 Å². The van der Waals surface area contributed by atoms with Crippen molar-refractivity contribution in [1.82, 2.24) is 15.1 Å². The lowest BCUT2D eigenvalue weighted by Crippen LogP contribution is -2.54. The molecule has 2 aromatic carbocycles. The fourth-order valence-electron chi connectivity index (χ4n) is 5.96. The number of nitrogens with zero attached hydrogens (tertiary/aromatic N) is 3. The highest BCUT2D eigenvalue weighted by molar-refractivity contribution is 5.85. The normalized spacial score (nSPS) is 19.5. The van der Waals surface area contributed by atoms with Gasteiger partial charge in [0.15, 0.2) is 5.60 Å². The summed E-state index contributed by atoms with van der Waals surface area (Å²) in [5.74, 6) is 1.48. The monoisotopic (exact) mass is 582 g/mol. The Labute approximate surface area is 252 Å². The van der Waals surface area contributed by atoms with Crippen molar-refractivity contribution in [2.24, 2.45) is 5.92 Å². The Balaban J connectivity index is 0.00000387. The van der Waals surface area contributed by atoms with Crippen LogP contribution in [0.3, 0.4) is 0 Å². The Bertz CT molecular complexity index is 1180. The standard InChI is InChI=1S/C33H46N4O3.ClH/c1-24(2)26-12-10-25(11-13-26)22-37(28-14-15-28)31(38)27-7-6-18-36(23-27)29-8-5-9-30(21-29)40-33(3,4)32(39)35-19-16-34-17-20-35;/h5,8-13,21,24,27-28,34H,6-7,14-20,22-23H2,1-4H3;1H. The maximum Gasteiger partial charge on any atom is 0.266 e. The molecular weight excluding hydrogens is 536 g/mol. The molecule has 2 aliphatic heterocycles. The number of halogens is 1. The number of carbonyl (C=O) groups is 2. The molecule has 224 valence electrons. The summed E-state index contributed by atoms with van der Waals surface area (Å²) in [4.78, 5) is 33.3. The van der Waals surface area contributed by atoms with E-state index in [2.05, 4.69) is 59.3 Å². The van der Waals surface area contributed by atoms with Crippen LogP contribution >= 0.6 is 12.4 Å². The quantitative estimate of drug-likeness (QED) is 0.439. The van der Waals surface area contributed by atoms with E-state index in [0.717, 1.165) is 51.0 Å². The summed E-state index contributed by atoms with van der Waals surface area (Å²) in [7, 11) is 0. The van der Waals surface area contributed by atoms with Gasteiger partial charge in [0.1, 0.15) is 5.75 Å². The van der Waals surface area contributed by atoms with Gasteiger partial charge < -0.3 is 24.8 Å². The van der Waals surface area contributed by atoms with Crippen LogP contribution in [0.4, 0.5) is 5.69 Å². The zero-order valence-electron chi connectivity index (χ0n) is 25.1. The Kier molecular flexibility index (Phi) is 10.2. The maximum absolute atomic E-state index is 13.8. The summed E-state index contributed by atoms with van der Waals surface area (Å²) < 4.78 is 6.28. The van der Waals surface area contributed by atoms with E-state index < -0.39 is 5.60 Å². The van der Waals surface area contributed by atoms with Crippen LogP contribution in [0.25, 0.3) is 0 Å². The fourth-order valence-corrected chi connectivity index (χ4v) is 5.96. The van der Waals surface area contributed by atoms with Crippen LogP contribution in [-0.4, -0.2) is 72.5 Å². The van der Waals surface area contributed by atoms with Gasteiger partial charge in [-0.2, -0.15) is 0 Å². The van der Waals surface area contributed by atoms with E-state index in [9.17, 15) is 9.59 Å². The molecule has 1 saturated carbocycles. The zero-order valence-corrected chi connectivity index (χ0v) is 25.9. The van der Waals surface area contributed by atoms with Crippen LogP contribution in [0.2, 0.25) is 0 Å². The molecule has 2 amide bonds. The molecule has 0 aromatic heterocycles. The van der Waals surface area contributed by atoms with E-state index in [1.165, 1.54) is 11.1 Å². The largest absolute Gasteiger partial charge is 0.478 e. The second kappa shape index (κ2) is 13.5. The first-order valence-electron chi connectivity index (χ1n) is 15.1. The topological polar surface area (TPSA) is 65.1 Å². The third kappa shape index (κ3) is 7.75. The molecule has 8 heteroatoms. The Morgan fingerprint density at radius 3 is 2.39 bits per heavy atom. The molecular formula is C33H47ClN4O3. The van der Waals surface area contributed by atoms with Crippen molar-refractivity contribution in [2.45, 2.75) is 77.5 Å². The molecule has 2 heterocycles. The molecule has 41 heavy (non-hydrogen) atoms. The van der Waals surface area contributed by atoms with E-state index in [0.29, 0.717) is 43.9 Å². The highest BCUT2D eigenvalue weighted by Gasteiger charge is 2.38. The molecule has 0 bridgehead atoms. The van der Waals surface area contributed by atoms with Crippen LogP contribution in [0.5, 0.6) is 5.75 Å². The molecule has 1 atom stereocenters. The molecule has 1 N–H and O–H groups in total. The van der Waals surface area contributed by atoms with Crippen molar-refractivity contribution in [3.05, 3.63) is 59.7 Å². The molecule has 2 saturated heterocycles. The SMILES string of the molecule is CC(C)c1ccc(CN(C(=O)C2CCCN(c3cccc(OC(C)(C)C(=O)N4CCNCC4)c3)C2)C2CC2)cc1.Cl. The van der Waals surface area contributed by atoms with Crippen molar-refractivity contribution >= 4 is 29.9 Å². The molecule has 5 rings (SSSR count). The first kappa shape index (κ1) is 31.2. The Morgan fingerprint density at radius 2 is 1.73 bits per heavy atom. The number of anilines is 1. The van der Waals surface area contributed by atoms with Crippen molar-refractivity contribution in [3.63, 3.8) is 0 Å². The number of hydrogen-bond donors (Lipinski definition) is 1. The highest BCUT2D eigenvalue weighted by Crippen LogP contribution is 2.33. The average Bonchev–Trinajstić information content (AvgIpc) is 3.81. The number of amides is 2. The van der Waals surface area contributed by atoms with Crippen molar-refractivity contribution in [2.75, 3.05) is 44.2 Å². The number of nitrogens with one attached hydrogen (secondary N) is 1. The number of ether oxygens (including phenoxy) is 1. The molecule has 7 nitrogen and oxygen atoms in total. The maximum atomic E-state index is 13.8. The van der Waals surface area contributed by atoms with Crippen LogP contribution in [0.15, 0.2) is 48.5 Å². The van der Waals surface area contributed by atoms with Gasteiger partial charge in [0.05, 0.1) is 5.92 Å². The van der Waals surface area contributed by atoms with Gasteiger partial charge in [0.2, 0.25) is 5.91 Å². The summed E-state index contributed by atoms with van der Waals surface area (Å²) in [6.45, 7) is 13.5. The van der Waals surface area contributed by atoms with Crippen LogP contribution in [0.1, 0.15) is 70.4 Å². The lowest BCUT2D eigenvalue weighted by molar-refractivity contribution is -0.146. The van der Waals surface area contributed by atoms with E-state index in [-0.39, 0.29) is 30.1 Å². The third-order valence-corrected chi connectivity index (χ3v) is 8.52. The van der Waals surface area contributed by atoms with Gasteiger partial charge in [0.25, 0.3) is 5.91 Å². The number of piperazine rings is 1. The minimum Gasteiger partial charge on any atom is -0.478 e. The summed E-state index contributed by atoms with van der Waals surface area (Å²) >= 11 is 0. The van der Waals surface area contributed by atoms with E-state index >= 15 is 0 Å². The summed E-state index contributed by atoms with van der Waals surface area (Å²) in [5, 5.41) is 3.29. The van der Waals surface area contributed by atoms with Gasteiger partial charge in [-0.15, -0.1) is 12.4 Å². The second-order valence-corrected chi connectivity index (χ2v) is 12.5. The summed E-state index contributed by atoms with van der Waals surface area (Å²) in [6, 6.07) is 17.2. The fraction of sp³-hybridized carbons (Fsp3) is 0.576. The number of carbonyl (C=O) groups excluding carboxylic acids is 2. The first-order valence-corrected chi connectivity index (χ1v) is 15.1. The molecule has 3 fully saturated rings. The zero-order chi connectivity index (χ0) is 28.3. The molecule has 1 unspecified atom stereocenters. The van der Waals surface area contributed by atoms with Gasteiger partial charge in [-0.3, -0.25) is 9.59 Å². The van der Waals surface area contributed by atoms with Gasteiger partial charge in [-0.25, -0.2) is 0 Å². The van der Waals surface area contributed by atoms with Gasteiger partial charge >= 0.3 is 0 Å². The summed E-state index contributed by atoms with van der Waals surface area (Å²) in [5.41, 5.74) is 2.63. The van der Waals surface area contributed by atoms with Gasteiger partial charge in [-0.05, 0) is 68.7 Å². The minimum atomic E-state index is -0.950. The van der Waals surface area contributed by atoms with Crippen molar-refractivity contribution in [1.29, 1.82) is 0 Å². The Hall–Kier alpha value is -2.77. The molecule has 3 aliphatic rings. The molecule has 0 radical (unpaired) electrons. The highest BCUT2D eigenvalue weighted by atomic mass is 35.5. The molecule has 0 spiro atoms. The van der Waals surface area contributed by atoms with Crippen LogP contribution in [0, 0.1) is 5.92 Å². The predicted molar refractivity (Wildman–Crippen MR) is 167 cm³/mol. The predicted octanol–water partition coefficient (Wildman–Crippen LogP) is 5.23. The number of rotatable bonds is 9.